The molecule has 0 bridgehead atoms. The van der Waals surface area contributed by atoms with E-state index in [-0.39, 0.29) is 12.5 Å². The summed E-state index contributed by atoms with van der Waals surface area (Å²) in [7, 11) is 0. The molecule has 0 saturated carbocycles. The molecule has 1 heterocycles. The summed E-state index contributed by atoms with van der Waals surface area (Å²) >= 11 is 0. The van der Waals surface area contributed by atoms with Gasteiger partial charge in [0.2, 0.25) is 6.29 Å². The fourth-order valence-electron chi connectivity index (χ4n) is 0.861. The van der Waals surface area contributed by atoms with Gasteiger partial charge in [0.25, 0.3) is 6.48 Å². The first-order chi connectivity index (χ1) is 6.50. The predicted molar refractivity (Wildman–Crippen MR) is 43.8 cm³/mol. The lowest BCUT2D eigenvalue weighted by atomic mass is 10.2. The van der Waals surface area contributed by atoms with Gasteiger partial charge in [-0.3, -0.25) is 9.53 Å². The fraction of sp³-hybridized carbons (Fsp3) is 0.875. The minimum atomic E-state index is -1.46. The fourth-order valence-corrected chi connectivity index (χ4v) is 0.861. The van der Waals surface area contributed by atoms with E-state index in [0.717, 1.165) is 0 Å². The maximum Gasteiger partial charge on any atom is 0.310 e. The molecule has 1 saturated heterocycles. The molecule has 6 nitrogen and oxygen atoms in total. The Balaban J connectivity index is 2.45. The average Bonchev–Trinajstić information content (AvgIpc) is 2.11. The average molecular weight is 206 g/mol. The van der Waals surface area contributed by atoms with E-state index in [2.05, 4.69) is 9.47 Å². The number of rotatable bonds is 2. The summed E-state index contributed by atoms with van der Waals surface area (Å²) in [4.78, 5) is 11.1. The third kappa shape index (κ3) is 2.91. The molecule has 3 unspecified atom stereocenters. The zero-order chi connectivity index (χ0) is 10.7. The van der Waals surface area contributed by atoms with Crippen LogP contribution in [0, 0.1) is 5.92 Å². The smallest absolute Gasteiger partial charge is 0.310 e. The molecule has 1 aliphatic rings. The lowest BCUT2D eigenvalue weighted by Gasteiger charge is -2.30. The Bertz CT molecular complexity index is 204. The van der Waals surface area contributed by atoms with Gasteiger partial charge in [0.05, 0.1) is 12.5 Å². The third-order valence-corrected chi connectivity index (χ3v) is 1.68. The van der Waals surface area contributed by atoms with Gasteiger partial charge in [-0.25, -0.2) is 0 Å². The van der Waals surface area contributed by atoms with Crippen LogP contribution >= 0.6 is 0 Å². The molecule has 3 atom stereocenters. The van der Waals surface area contributed by atoms with Crippen molar-refractivity contribution in [3.05, 3.63) is 0 Å². The minimum Gasteiger partial charge on any atom is -0.432 e. The van der Waals surface area contributed by atoms with Crippen LogP contribution in [0.3, 0.4) is 0 Å². The van der Waals surface area contributed by atoms with E-state index in [1.807, 2.05) is 0 Å². The van der Waals surface area contributed by atoms with Crippen LogP contribution in [-0.4, -0.2) is 41.7 Å². The summed E-state index contributed by atoms with van der Waals surface area (Å²) in [5.74, 6) is -0.811. The van der Waals surface area contributed by atoms with E-state index in [9.17, 15) is 9.90 Å². The topological polar surface area (TPSA) is 85.2 Å². The van der Waals surface area contributed by atoms with Crippen LogP contribution in [0.15, 0.2) is 0 Å². The highest BCUT2D eigenvalue weighted by Crippen LogP contribution is 2.14. The number of aliphatic hydroxyl groups excluding tert-OH is 2. The summed E-state index contributed by atoms with van der Waals surface area (Å²) in [6, 6.07) is 0. The molecular formula is C8H14O6. The monoisotopic (exact) mass is 206 g/mol. The molecule has 0 aliphatic carbocycles. The molecule has 0 amide bonds. The Hall–Kier alpha value is -0.690. The highest BCUT2D eigenvalue weighted by atomic mass is 16.9. The van der Waals surface area contributed by atoms with E-state index >= 15 is 0 Å². The number of ether oxygens (including phenoxy) is 3. The zero-order valence-corrected chi connectivity index (χ0v) is 8.04. The van der Waals surface area contributed by atoms with Crippen molar-refractivity contribution in [1.29, 1.82) is 0 Å². The second kappa shape index (κ2) is 4.70. The molecule has 1 fully saturated rings. The van der Waals surface area contributed by atoms with Gasteiger partial charge in [0.15, 0.2) is 0 Å². The van der Waals surface area contributed by atoms with Crippen molar-refractivity contribution in [2.75, 3.05) is 6.61 Å². The highest BCUT2D eigenvalue weighted by molar-refractivity contribution is 5.71. The molecule has 0 aromatic heterocycles. The first-order valence-electron chi connectivity index (χ1n) is 4.34. The van der Waals surface area contributed by atoms with Crippen LogP contribution < -0.4 is 0 Å². The van der Waals surface area contributed by atoms with Gasteiger partial charge in [-0.15, -0.1) is 0 Å². The molecule has 2 N–H and O–H groups in total. The van der Waals surface area contributed by atoms with Crippen molar-refractivity contribution in [2.45, 2.75) is 32.7 Å². The normalized spacial score (nSPS) is 33.1. The van der Waals surface area contributed by atoms with Crippen LogP contribution in [0.1, 0.15) is 13.8 Å². The van der Waals surface area contributed by atoms with Crippen molar-refractivity contribution in [1.82, 2.24) is 0 Å². The first kappa shape index (κ1) is 11.4. The quantitative estimate of drug-likeness (QED) is 0.575. The van der Waals surface area contributed by atoms with E-state index in [1.165, 1.54) is 0 Å². The molecule has 0 spiro atoms. The molecule has 0 aromatic carbocycles. The molecular weight excluding hydrogens is 192 g/mol. The second-order valence-electron chi connectivity index (χ2n) is 3.30. The molecule has 1 aliphatic heterocycles. The largest absolute Gasteiger partial charge is 0.432 e. The Kier molecular flexibility index (Phi) is 3.82. The predicted octanol–water partition coefficient (Wildman–Crippen LogP) is -0.805. The van der Waals surface area contributed by atoms with Gasteiger partial charge in [-0.1, -0.05) is 13.8 Å². The first-order valence-corrected chi connectivity index (χ1v) is 4.34. The van der Waals surface area contributed by atoms with Crippen LogP contribution in [-0.2, 0) is 19.0 Å². The van der Waals surface area contributed by atoms with Crippen molar-refractivity contribution >= 4 is 5.97 Å². The van der Waals surface area contributed by atoms with E-state index in [0.29, 0.717) is 0 Å². The minimum absolute atomic E-state index is 0.128. The van der Waals surface area contributed by atoms with Gasteiger partial charge in [0, 0.05) is 0 Å². The van der Waals surface area contributed by atoms with Gasteiger partial charge < -0.3 is 19.7 Å². The van der Waals surface area contributed by atoms with Crippen molar-refractivity contribution in [3.8, 4) is 0 Å². The van der Waals surface area contributed by atoms with E-state index in [1.54, 1.807) is 13.8 Å². The number of aliphatic hydroxyl groups is 2. The van der Waals surface area contributed by atoms with Crippen LogP contribution in [0.4, 0.5) is 0 Å². The summed E-state index contributed by atoms with van der Waals surface area (Å²) < 4.78 is 14.0. The molecule has 82 valence electrons. The van der Waals surface area contributed by atoms with Gasteiger partial charge >= 0.3 is 5.97 Å². The maximum atomic E-state index is 11.1. The summed E-state index contributed by atoms with van der Waals surface area (Å²) in [5, 5.41) is 18.2. The second-order valence-corrected chi connectivity index (χ2v) is 3.30. The van der Waals surface area contributed by atoms with Crippen molar-refractivity contribution in [2.24, 2.45) is 5.92 Å². The third-order valence-electron chi connectivity index (χ3n) is 1.68. The highest BCUT2D eigenvalue weighted by Gasteiger charge is 2.33. The Morgan fingerprint density at radius 3 is 2.71 bits per heavy atom. The molecule has 14 heavy (non-hydrogen) atoms. The molecule has 0 radical (unpaired) electrons. The number of hydrogen-bond acceptors (Lipinski definition) is 6. The van der Waals surface area contributed by atoms with E-state index in [4.69, 9.17) is 9.84 Å². The van der Waals surface area contributed by atoms with Crippen LogP contribution in [0.2, 0.25) is 0 Å². The van der Waals surface area contributed by atoms with Crippen molar-refractivity contribution < 1.29 is 29.2 Å². The number of carbonyl (C=O) groups is 1. The molecule has 0 aromatic rings. The standard InChI is InChI=1S/C8H14O6/c1-4(2)6(10)13-7-5(9)3-12-8(11)14-7/h4-5,7-9,11H,3H2,1-2H3. The van der Waals surface area contributed by atoms with Crippen molar-refractivity contribution in [3.63, 3.8) is 0 Å². The van der Waals surface area contributed by atoms with Crippen LogP contribution in [0.5, 0.6) is 0 Å². The van der Waals surface area contributed by atoms with Gasteiger partial charge in [-0.2, -0.15) is 0 Å². The molecule has 1 rings (SSSR count). The lowest BCUT2D eigenvalue weighted by molar-refractivity contribution is -0.374. The van der Waals surface area contributed by atoms with Crippen LogP contribution in [0.25, 0.3) is 0 Å². The number of hydrogen-bond donors (Lipinski definition) is 2. The van der Waals surface area contributed by atoms with E-state index < -0.39 is 24.8 Å². The zero-order valence-electron chi connectivity index (χ0n) is 8.04. The molecule has 6 heteroatoms. The summed E-state index contributed by atoms with van der Waals surface area (Å²) in [6.07, 6.45) is -2.23. The lowest BCUT2D eigenvalue weighted by Crippen LogP contribution is -2.46. The SMILES string of the molecule is CC(C)C(=O)OC1OC(O)OCC1O. The maximum absolute atomic E-state index is 11.1. The Labute approximate surface area is 81.4 Å². The van der Waals surface area contributed by atoms with Gasteiger partial charge in [-0.05, 0) is 0 Å². The Morgan fingerprint density at radius 1 is 1.50 bits per heavy atom. The number of carbonyl (C=O) groups excluding carboxylic acids is 1. The number of esters is 1. The summed E-state index contributed by atoms with van der Waals surface area (Å²) in [6.45, 7) is 1.73. The Morgan fingerprint density at radius 2 is 2.14 bits per heavy atom. The summed E-state index contributed by atoms with van der Waals surface area (Å²) in [5.41, 5.74) is 0. The van der Waals surface area contributed by atoms with Gasteiger partial charge in [0.1, 0.15) is 6.10 Å².